The Hall–Kier alpha value is -4.39. The van der Waals surface area contributed by atoms with Crippen LogP contribution in [-0.4, -0.2) is 35.8 Å². The zero-order valence-electron chi connectivity index (χ0n) is 18.8. The number of fused-ring (bicyclic) bond motifs is 1. The van der Waals surface area contributed by atoms with Crippen LogP contribution in [0.25, 0.3) is 11.3 Å². The predicted octanol–water partition coefficient (Wildman–Crippen LogP) is 5.01. The fraction of sp³-hybridized carbons (Fsp3) is 0.148. The number of benzene rings is 3. The van der Waals surface area contributed by atoms with E-state index in [0.717, 1.165) is 16.7 Å². The molecule has 34 heavy (non-hydrogen) atoms. The molecule has 0 saturated heterocycles. The summed E-state index contributed by atoms with van der Waals surface area (Å²) in [7, 11) is 1.61. The van der Waals surface area contributed by atoms with Crippen molar-refractivity contribution >= 4 is 17.6 Å². The molecule has 0 fully saturated rings. The van der Waals surface area contributed by atoms with E-state index in [0.29, 0.717) is 35.0 Å². The Morgan fingerprint density at radius 1 is 1.00 bits per heavy atom. The average molecular weight is 453 g/mol. The van der Waals surface area contributed by atoms with Crippen LogP contribution in [0.1, 0.15) is 44.9 Å². The van der Waals surface area contributed by atoms with E-state index in [1.165, 1.54) is 0 Å². The number of hydrogen-bond donors (Lipinski definition) is 1. The van der Waals surface area contributed by atoms with Crippen molar-refractivity contribution in [2.24, 2.45) is 0 Å². The number of anilines is 1. The molecular weight excluding hydrogens is 430 g/mol. The van der Waals surface area contributed by atoms with E-state index in [9.17, 15) is 9.59 Å². The van der Waals surface area contributed by atoms with Gasteiger partial charge in [-0.2, -0.15) is 5.10 Å². The van der Waals surface area contributed by atoms with Gasteiger partial charge >= 0.3 is 5.97 Å². The number of hydrogen-bond acceptors (Lipinski definition) is 5. The van der Waals surface area contributed by atoms with E-state index in [-0.39, 0.29) is 5.91 Å². The van der Waals surface area contributed by atoms with E-state index in [2.05, 4.69) is 10.2 Å². The third kappa shape index (κ3) is 3.51. The Morgan fingerprint density at radius 2 is 1.71 bits per heavy atom. The molecule has 7 heteroatoms. The minimum atomic E-state index is -0.471. The van der Waals surface area contributed by atoms with Crippen molar-refractivity contribution < 1.29 is 19.1 Å². The van der Waals surface area contributed by atoms with Gasteiger partial charge in [0.2, 0.25) is 0 Å². The molecule has 0 aliphatic carbocycles. The Kier molecular flexibility index (Phi) is 5.59. The molecule has 2 heterocycles. The van der Waals surface area contributed by atoms with Crippen molar-refractivity contribution in [3.05, 3.63) is 101 Å². The second kappa shape index (κ2) is 8.86. The number of H-pyrrole nitrogens is 1. The predicted molar refractivity (Wildman–Crippen MR) is 128 cm³/mol. The van der Waals surface area contributed by atoms with Gasteiger partial charge in [-0.1, -0.05) is 48.5 Å². The average Bonchev–Trinajstić information content (AvgIpc) is 3.43. The van der Waals surface area contributed by atoms with E-state index < -0.39 is 12.0 Å². The van der Waals surface area contributed by atoms with Gasteiger partial charge in [0, 0.05) is 22.4 Å². The molecule has 1 amide bonds. The number of aromatic amines is 1. The summed E-state index contributed by atoms with van der Waals surface area (Å²) < 4.78 is 10.8. The third-order valence-electron chi connectivity index (χ3n) is 5.91. The molecule has 5 rings (SSSR count). The van der Waals surface area contributed by atoms with Gasteiger partial charge in [-0.25, -0.2) is 4.79 Å². The quantitative estimate of drug-likeness (QED) is 0.415. The van der Waals surface area contributed by atoms with Gasteiger partial charge in [0.25, 0.3) is 5.91 Å². The number of carbonyl (C=O) groups is 2. The number of rotatable bonds is 6. The normalized spacial score (nSPS) is 14.7. The van der Waals surface area contributed by atoms with Crippen LogP contribution in [0.2, 0.25) is 0 Å². The maximum atomic E-state index is 13.7. The fourth-order valence-corrected chi connectivity index (χ4v) is 4.39. The largest absolute Gasteiger partial charge is 0.496 e. The second-order valence-electron chi connectivity index (χ2n) is 7.81. The van der Waals surface area contributed by atoms with Gasteiger partial charge in [0.15, 0.2) is 0 Å². The molecule has 1 N–H and O–H groups in total. The van der Waals surface area contributed by atoms with E-state index in [1.54, 1.807) is 43.2 Å². The first-order valence-corrected chi connectivity index (χ1v) is 11.0. The standard InChI is InChI=1S/C27H23N3O4/c1-3-34-27(32)18-13-15-19(16-14-18)30-25(20-11-7-8-12-21(20)33-2)22-23(17-9-5-4-6-10-17)28-29-24(22)26(30)31/h4-16,25H,3H2,1-2H3,(H,28,29). The topological polar surface area (TPSA) is 84.5 Å². The Balaban J connectivity index is 1.66. The van der Waals surface area contributed by atoms with Gasteiger partial charge in [-0.05, 0) is 37.3 Å². The summed E-state index contributed by atoms with van der Waals surface area (Å²) in [6, 6.07) is 23.8. The molecule has 1 aliphatic heterocycles. The molecular formula is C27H23N3O4. The Morgan fingerprint density at radius 3 is 2.41 bits per heavy atom. The van der Waals surface area contributed by atoms with Gasteiger partial charge in [-0.15, -0.1) is 0 Å². The summed E-state index contributed by atoms with van der Waals surface area (Å²) in [5.74, 6) is 0.0647. The molecule has 1 aromatic heterocycles. The highest BCUT2D eigenvalue weighted by atomic mass is 16.5. The lowest BCUT2D eigenvalue weighted by molar-refractivity contribution is 0.0526. The highest BCUT2D eigenvalue weighted by Gasteiger charge is 2.44. The number of nitrogens with one attached hydrogen (secondary N) is 1. The summed E-state index contributed by atoms with van der Waals surface area (Å²) in [6.45, 7) is 2.06. The summed E-state index contributed by atoms with van der Waals surface area (Å²) >= 11 is 0. The van der Waals surface area contributed by atoms with Crippen LogP contribution >= 0.6 is 0 Å². The van der Waals surface area contributed by atoms with E-state index in [4.69, 9.17) is 9.47 Å². The van der Waals surface area contributed by atoms with E-state index >= 15 is 0 Å². The highest BCUT2D eigenvalue weighted by Crippen LogP contribution is 2.47. The third-order valence-corrected chi connectivity index (χ3v) is 5.91. The van der Waals surface area contributed by atoms with Gasteiger partial charge in [0.1, 0.15) is 11.4 Å². The molecule has 1 aliphatic rings. The van der Waals surface area contributed by atoms with Crippen molar-refractivity contribution in [2.45, 2.75) is 13.0 Å². The maximum absolute atomic E-state index is 13.7. The molecule has 3 aromatic carbocycles. The first kappa shape index (κ1) is 21.5. The Labute approximate surface area is 196 Å². The van der Waals surface area contributed by atoms with Crippen molar-refractivity contribution in [3.63, 3.8) is 0 Å². The monoisotopic (exact) mass is 453 g/mol. The summed E-state index contributed by atoms with van der Waals surface area (Å²) in [6.07, 6.45) is 0. The van der Waals surface area contributed by atoms with Gasteiger partial charge in [-0.3, -0.25) is 14.8 Å². The van der Waals surface area contributed by atoms with Gasteiger partial charge in [0.05, 0.1) is 31.0 Å². The van der Waals surface area contributed by atoms with Crippen molar-refractivity contribution in [2.75, 3.05) is 18.6 Å². The molecule has 0 bridgehead atoms. The fourth-order valence-electron chi connectivity index (χ4n) is 4.39. The minimum absolute atomic E-state index is 0.204. The van der Waals surface area contributed by atoms with Crippen molar-refractivity contribution in [3.8, 4) is 17.0 Å². The lowest BCUT2D eigenvalue weighted by Crippen LogP contribution is -2.29. The van der Waals surface area contributed by atoms with Crippen LogP contribution in [0.5, 0.6) is 5.75 Å². The maximum Gasteiger partial charge on any atom is 0.338 e. The number of methoxy groups -OCH3 is 1. The van der Waals surface area contributed by atoms with Gasteiger partial charge < -0.3 is 9.47 Å². The lowest BCUT2D eigenvalue weighted by atomic mass is 9.95. The summed E-state index contributed by atoms with van der Waals surface area (Å²) in [5.41, 5.74) is 4.76. The smallest absolute Gasteiger partial charge is 0.338 e. The number of ether oxygens (including phenoxy) is 2. The second-order valence-corrected chi connectivity index (χ2v) is 7.81. The zero-order valence-corrected chi connectivity index (χ0v) is 18.8. The lowest BCUT2D eigenvalue weighted by Gasteiger charge is -2.27. The first-order chi connectivity index (χ1) is 16.6. The van der Waals surface area contributed by atoms with E-state index in [1.807, 2.05) is 54.6 Å². The van der Waals surface area contributed by atoms with Crippen LogP contribution in [0.4, 0.5) is 5.69 Å². The minimum Gasteiger partial charge on any atom is -0.496 e. The van der Waals surface area contributed by atoms with Crippen LogP contribution < -0.4 is 9.64 Å². The molecule has 4 aromatic rings. The van der Waals surface area contributed by atoms with Crippen LogP contribution in [0, 0.1) is 0 Å². The molecule has 0 saturated carbocycles. The summed E-state index contributed by atoms with van der Waals surface area (Å²) in [4.78, 5) is 27.5. The highest BCUT2D eigenvalue weighted by molar-refractivity contribution is 6.12. The number of para-hydroxylation sites is 1. The summed E-state index contributed by atoms with van der Waals surface area (Å²) in [5, 5.41) is 7.46. The number of nitrogens with zero attached hydrogens (tertiary/aromatic N) is 2. The molecule has 1 atom stereocenters. The molecule has 0 spiro atoms. The van der Waals surface area contributed by atoms with Crippen molar-refractivity contribution in [1.29, 1.82) is 0 Å². The van der Waals surface area contributed by atoms with Crippen LogP contribution in [0.15, 0.2) is 78.9 Å². The zero-order chi connectivity index (χ0) is 23.7. The molecule has 170 valence electrons. The van der Waals surface area contributed by atoms with Crippen LogP contribution in [0.3, 0.4) is 0 Å². The first-order valence-electron chi connectivity index (χ1n) is 11.0. The number of esters is 1. The Bertz CT molecular complexity index is 1350. The van der Waals surface area contributed by atoms with Crippen molar-refractivity contribution in [1.82, 2.24) is 10.2 Å². The number of aromatic nitrogens is 2. The van der Waals surface area contributed by atoms with Crippen LogP contribution in [-0.2, 0) is 4.74 Å². The SMILES string of the molecule is CCOC(=O)c1ccc(N2C(=O)c3[nH]nc(-c4ccccc4)c3C2c2ccccc2OC)cc1. The molecule has 1 unspecified atom stereocenters. The number of amides is 1. The molecule has 0 radical (unpaired) electrons. The molecule has 7 nitrogen and oxygen atoms in total. The number of carbonyl (C=O) groups excluding carboxylic acids is 2.